The third kappa shape index (κ3) is 3.19. The smallest absolute Gasteiger partial charge is 0.223 e. The van der Waals surface area contributed by atoms with Gasteiger partial charge in [0.05, 0.1) is 12.3 Å². The molecule has 1 aromatic heterocycles. The van der Waals surface area contributed by atoms with E-state index >= 15 is 0 Å². The number of hydrogen-bond donors (Lipinski definition) is 2. The number of nitrogens with zero attached hydrogens (tertiary/aromatic N) is 2. The Labute approximate surface area is 133 Å². The summed E-state index contributed by atoms with van der Waals surface area (Å²) in [6.45, 7) is 8.19. The largest absolute Gasteiger partial charge is 0.396 e. The highest BCUT2D eigenvalue weighted by Crippen LogP contribution is 2.37. The summed E-state index contributed by atoms with van der Waals surface area (Å²) in [6.07, 6.45) is 3.71. The third-order valence-corrected chi connectivity index (χ3v) is 5.38. The Morgan fingerprint density at radius 1 is 1.55 bits per heavy atom. The van der Waals surface area contributed by atoms with Crippen molar-refractivity contribution in [3.8, 4) is 0 Å². The maximum Gasteiger partial charge on any atom is 0.223 e. The van der Waals surface area contributed by atoms with Gasteiger partial charge in [-0.05, 0) is 38.7 Å². The summed E-state index contributed by atoms with van der Waals surface area (Å²) in [5.41, 5.74) is 3.12. The van der Waals surface area contributed by atoms with E-state index in [1.807, 2.05) is 32.5 Å². The van der Waals surface area contributed by atoms with Crippen molar-refractivity contribution in [1.29, 1.82) is 0 Å². The lowest BCUT2D eigenvalue weighted by molar-refractivity contribution is -0.126. The van der Waals surface area contributed by atoms with Crippen LogP contribution in [-0.4, -0.2) is 33.4 Å². The minimum absolute atomic E-state index is 0.0780. The van der Waals surface area contributed by atoms with Crippen LogP contribution in [0.4, 0.5) is 0 Å². The Bertz CT molecular complexity index is 552. The number of carbonyl (C=O) groups is 1. The minimum atomic E-state index is -0.171. The number of aliphatic hydroxyl groups is 1. The molecule has 1 saturated carbocycles. The molecule has 0 spiro atoms. The molecule has 0 bridgehead atoms. The normalized spacial score (nSPS) is 26.2. The molecule has 1 aromatic rings. The molecule has 1 aliphatic carbocycles. The molecule has 1 heterocycles. The van der Waals surface area contributed by atoms with E-state index in [9.17, 15) is 9.90 Å². The first kappa shape index (κ1) is 17.0. The molecular weight excluding hydrogens is 278 g/mol. The molecular formula is C17H29N3O2. The van der Waals surface area contributed by atoms with Crippen molar-refractivity contribution >= 4 is 5.91 Å². The van der Waals surface area contributed by atoms with E-state index in [1.54, 1.807) is 0 Å². The van der Waals surface area contributed by atoms with E-state index in [4.69, 9.17) is 0 Å². The summed E-state index contributed by atoms with van der Waals surface area (Å²) in [5, 5.41) is 17.2. The number of hydrogen-bond acceptors (Lipinski definition) is 3. The van der Waals surface area contributed by atoms with Crippen LogP contribution in [-0.2, 0) is 18.3 Å². The van der Waals surface area contributed by atoms with Crippen LogP contribution in [0.2, 0.25) is 0 Å². The van der Waals surface area contributed by atoms with Crippen molar-refractivity contribution < 1.29 is 9.90 Å². The molecule has 1 aliphatic rings. The molecule has 3 atom stereocenters. The Morgan fingerprint density at radius 3 is 2.77 bits per heavy atom. The van der Waals surface area contributed by atoms with Crippen LogP contribution in [0.1, 0.15) is 50.1 Å². The highest BCUT2D eigenvalue weighted by molar-refractivity contribution is 5.79. The van der Waals surface area contributed by atoms with E-state index in [0.717, 1.165) is 30.7 Å². The topological polar surface area (TPSA) is 67.2 Å². The summed E-state index contributed by atoms with van der Waals surface area (Å²) >= 11 is 0. The summed E-state index contributed by atoms with van der Waals surface area (Å²) < 4.78 is 1.87. The summed E-state index contributed by atoms with van der Waals surface area (Å²) in [5.74, 6) is -0.0145. The molecule has 124 valence electrons. The average molecular weight is 307 g/mol. The lowest BCUT2D eigenvalue weighted by Crippen LogP contribution is -2.46. The van der Waals surface area contributed by atoms with Gasteiger partial charge in [-0.25, -0.2) is 0 Å². The van der Waals surface area contributed by atoms with Crippen LogP contribution < -0.4 is 5.32 Å². The van der Waals surface area contributed by atoms with E-state index in [2.05, 4.69) is 17.3 Å². The molecule has 5 nitrogen and oxygen atoms in total. The van der Waals surface area contributed by atoms with Gasteiger partial charge >= 0.3 is 0 Å². The van der Waals surface area contributed by atoms with Crippen molar-refractivity contribution in [3.63, 3.8) is 0 Å². The highest BCUT2D eigenvalue weighted by atomic mass is 16.3. The standard InChI is InChI=1S/C17H29N3O2/c1-11(9-14-12(2)19-20(5)13(14)3)16(22)18-15-7-6-8-17(15,4)10-21/h11,15,21H,6-10H2,1-5H3,(H,18,22). The van der Waals surface area contributed by atoms with Gasteiger partial charge in [0.1, 0.15) is 0 Å². The van der Waals surface area contributed by atoms with Crippen LogP contribution in [0.5, 0.6) is 0 Å². The van der Waals surface area contributed by atoms with Crippen molar-refractivity contribution in [1.82, 2.24) is 15.1 Å². The molecule has 1 amide bonds. The van der Waals surface area contributed by atoms with Crippen molar-refractivity contribution in [2.45, 2.75) is 59.4 Å². The number of carbonyl (C=O) groups excluding carboxylic acids is 1. The van der Waals surface area contributed by atoms with E-state index in [0.29, 0.717) is 6.42 Å². The Hall–Kier alpha value is -1.36. The number of aryl methyl sites for hydroxylation is 2. The second-order valence-electron chi connectivity index (χ2n) is 7.14. The maximum atomic E-state index is 12.5. The lowest BCUT2D eigenvalue weighted by Gasteiger charge is -2.31. The number of aliphatic hydroxyl groups excluding tert-OH is 1. The van der Waals surface area contributed by atoms with Crippen LogP contribution in [0.25, 0.3) is 0 Å². The Morgan fingerprint density at radius 2 is 2.23 bits per heavy atom. The predicted molar refractivity (Wildman–Crippen MR) is 86.5 cm³/mol. The van der Waals surface area contributed by atoms with E-state index in [-0.39, 0.29) is 29.9 Å². The number of rotatable bonds is 5. The molecule has 0 radical (unpaired) electrons. The first-order chi connectivity index (χ1) is 10.3. The second kappa shape index (κ2) is 6.41. The molecule has 2 rings (SSSR count). The Balaban J connectivity index is 2.01. The van der Waals surface area contributed by atoms with Gasteiger partial charge in [-0.1, -0.05) is 20.3 Å². The second-order valence-corrected chi connectivity index (χ2v) is 7.14. The van der Waals surface area contributed by atoms with Crippen LogP contribution in [0, 0.1) is 25.2 Å². The fourth-order valence-electron chi connectivity index (χ4n) is 3.49. The highest BCUT2D eigenvalue weighted by Gasteiger charge is 2.39. The Kier molecular flexibility index (Phi) is 4.95. The SMILES string of the molecule is Cc1nn(C)c(C)c1CC(C)C(=O)NC1CCCC1(C)CO. The number of amides is 1. The molecule has 0 aromatic carbocycles. The third-order valence-electron chi connectivity index (χ3n) is 5.38. The zero-order valence-electron chi connectivity index (χ0n) is 14.4. The number of nitrogens with one attached hydrogen (secondary N) is 1. The number of aromatic nitrogens is 2. The average Bonchev–Trinajstić information content (AvgIpc) is 2.95. The molecule has 5 heteroatoms. The zero-order chi connectivity index (χ0) is 16.5. The van der Waals surface area contributed by atoms with Gasteiger partial charge in [-0.3, -0.25) is 9.48 Å². The summed E-state index contributed by atoms with van der Waals surface area (Å²) in [7, 11) is 1.93. The van der Waals surface area contributed by atoms with E-state index < -0.39 is 0 Å². The molecule has 0 saturated heterocycles. The van der Waals surface area contributed by atoms with Crippen molar-refractivity contribution in [3.05, 3.63) is 17.0 Å². The van der Waals surface area contributed by atoms with Gasteiger partial charge < -0.3 is 10.4 Å². The molecule has 2 N–H and O–H groups in total. The van der Waals surface area contributed by atoms with Gasteiger partial charge in [0, 0.05) is 30.1 Å². The van der Waals surface area contributed by atoms with Crippen LogP contribution in [0.15, 0.2) is 0 Å². The summed E-state index contributed by atoms with van der Waals surface area (Å²) in [6, 6.07) is 0.0866. The van der Waals surface area contributed by atoms with Crippen LogP contribution >= 0.6 is 0 Å². The van der Waals surface area contributed by atoms with Gasteiger partial charge in [-0.2, -0.15) is 5.10 Å². The predicted octanol–water partition coefficient (Wildman–Crippen LogP) is 1.88. The van der Waals surface area contributed by atoms with Gasteiger partial charge in [0.25, 0.3) is 0 Å². The molecule has 3 unspecified atom stereocenters. The molecule has 22 heavy (non-hydrogen) atoms. The molecule has 0 aliphatic heterocycles. The van der Waals surface area contributed by atoms with Crippen molar-refractivity contribution in [2.24, 2.45) is 18.4 Å². The fraction of sp³-hybridized carbons (Fsp3) is 0.765. The monoisotopic (exact) mass is 307 g/mol. The van der Waals surface area contributed by atoms with Gasteiger partial charge in [0.2, 0.25) is 5.91 Å². The van der Waals surface area contributed by atoms with Gasteiger partial charge in [-0.15, -0.1) is 0 Å². The fourth-order valence-corrected chi connectivity index (χ4v) is 3.49. The van der Waals surface area contributed by atoms with Gasteiger partial charge in [0.15, 0.2) is 0 Å². The minimum Gasteiger partial charge on any atom is -0.396 e. The lowest BCUT2D eigenvalue weighted by atomic mass is 9.85. The van der Waals surface area contributed by atoms with Crippen LogP contribution in [0.3, 0.4) is 0 Å². The first-order valence-electron chi connectivity index (χ1n) is 8.19. The first-order valence-corrected chi connectivity index (χ1v) is 8.19. The summed E-state index contributed by atoms with van der Waals surface area (Å²) in [4.78, 5) is 12.5. The van der Waals surface area contributed by atoms with E-state index in [1.165, 1.54) is 5.56 Å². The molecule has 1 fully saturated rings. The maximum absolute atomic E-state index is 12.5. The zero-order valence-corrected chi connectivity index (χ0v) is 14.4. The quantitative estimate of drug-likeness (QED) is 0.873. The van der Waals surface area contributed by atoms with Crippen molar-refractivity contribution in [2.75, 3.05) is 6.61 Å².